The van der Waals surface area contributed by atoms with E-state index in [-0.39, 0.29) is 18.1 Å². The summed E-state index contributed by atoms with van der Waals surface area (Å²) in [7, 11) is 0. The molecule has 0 radical (unpaired) electrons. The first-order valence-electron chi connectivity index (χ1n) is 5.94. The topological polar surface area (TPSA) is 73.6 Å². The van der Waals surface area contributed by atoms with Gasteiger partial charge in [-0.1, -0.05) is 13.3 Å². The molecule has 0 aliphatic carbocycles. The van der Waals surface area contributed by atoms with Gasteiger partial charge in [0.25, 0.3) is 5.91 Å². The molecule has 0 aromatic carbocycles. The van der Waals surface area contributed by atoms with Gasteiger partial charge in [0.1, 0.15) is 6.10 Å². The van der Waals surface area contributed by atoms with Gasteiger partial charge < -0.3 is 9.47 Å². The lowest BCUT2D eigenvalue weighted by atomic mass is 10.2. The van der Waals surface area contributed by atoms with Gasteiger partial charge in [-0.3, -0.25) is 10.2 Å². The molecule has 16 heavy (non-hydrogen) atoms. The Kier molecular flexibility index (Phi) is 5.73. The smallest absolute Gasteiger partial charge is 0.263 e. The number of hydrogen-bond donors (Lipinski definition) is 2. The van der Waals surface area contributed by atoms with Crippen LogP contribution in [0.3, 0.4) is 0 Å². The fourth-order valence-electron chi connectivity index (χ4n) is 1.88. The van der Waals surface area contributed by atoms with E-state index in [1.807, 2.05) is 0 Å². The number of hydrogen-bond acceptors (Lipinski definition) is 4. The zero-order chi connectivity index (χ0) is 12.0. The van der Waals surface area contributed by atoms with Crippen LogP contribution in [0.25, 0.3) is 0 Å². The summed E-state index contributed by atoms with van der Waals surface area (Å²) >= 11 is 0. The van der Waals surface area contributed by atoms with Crippen molar-refractivity contribution in [3.05, 3.63) is 0 Å². The van der Waals surface area contributed by atoms with Crippen LogP contribution in [0.4, 0.5) is 0 Å². The highest BCUT2D eigenvalue weighted by Gasteiger charge is 2.30. The number of carbonyl (C=O) groups excluding carboxylic acids is 1. The van der Waals surface area contributed by atoms with Crippen LogP contribution in [-0.2, 0) is 14.3 Å². The molecule has 0 spiro atoms. The SMILES string of the molecule is CCCC(C)OCC1CCC(C(=O)NN)O1. The van der Waals surface area contributed by atoms with Crippen molar-refractivity contribution in [1.29, 1.82) is 0 Å². The van der Waals surface area contributed by atoms with Gasteiger partial charge in [-0.2, -0.15) is 0 Å². The molecule has 3 atom stereocenters. The van der Waals surface area contributed by atoms with Crippen molar-refractivity contribution in [3.8, 4) is 0 Å². The molecule has 1 amide bonds. The second kappa shape index (κ2) is 6.83. The molecule has 3 N–H and O–H groups in total. The van der Waals surface area contributed by atoms with Crippen LogP contribution in [0.5, 0.6) is 0 Å². The minimum Gasteiger partial charge on any atom is -0.376 e. The zero-order valence-electron chi connectivity index (χ0n) is 10.1. The number of amides is 1. The van der Waals surface area contributed by atoms with Crippen molar-refractivity contribution in [1.82, 2.24) is 5.43 Å². The average Bonchev–Trinajstić information content (AvgIpc) is 2.74. The van der Waals surface area contributed by atoms with E-state index in [0.717, 1.165) is 25.7 Å². The minimum atomic E-state index is -0.403. The van der Waals surface area contributed by atoms with E-state index in [2.05, 4.69) is 19.3 Å². The van der Waals surface area contributed by atoms with E-state index in [4.69, 9.17) is 15.3 Å². The summed E-state index contributed by atoms with van der Waals surface area (Å²) in [6, 6.07) is 0. The quantitative estimate of drug-likeness (QED) is 0.401. The molecule has 1 aliphatic rings. The molecule has 1 aliphatic heterocycles. The van der Waals surface area contributed by atoms with Gasteiger partial charge in [0, 0.05) is 0 Å². The predicted octanol–water partition coefficient (Wildman–Crippen LogP) is 0.729. The monoisotopic (exact) mass is 230 g/mol. The molecule has 1 heterocycles. The molecule has 1 saturated heterocycles. The lowest BCUT2D eigenvalue weighted by molar-refractivity contribution is -0.133. The van der Waals surface area contributed by atoms with E-state index in [1.165, 1.54) is 0 Å². The van der Waals surface area contributed by atoms with E-state index in [9.17, 15) is 4.79 Å². The molecule has 0 aromatic rings. The van der Waals surface area contributed by atoms with E-state index >= 15 is 0 Å². The molecule has 0 bridgehead atoms. The maximum atomic E-state index is 11.2. The van der Waals surface area contributed by atoms with Crippen molar-refractivity contribution in [2.45, 2.75) is 57.8 Å². The lowest BCUT2D eigenvalue weighted by Gasteiger charge is -2.16. The summed E-state index contributed by atoms with van der Waals surface area (Å²) in [5, 5.41) is 0. The standard InChI is InChI=1S/C11H22N2O3/c1-3-4-8(2)15-7-9-5-6-10(16-9)11(14)13-12/h8-10H,3-7,12H2,1-2H3,(H,13,14). The Hall–Kier alpha value is -0.650. The Morgan fingerprint density at radius 3 is 3.00 bits per heavy atom. The number of rotatable bonds is 6. The van der Waals surface area contributed by atoms with E-state index < -0.39 is 6.10 Å². The average molecular weight is 230 g/mol. The van der Waals surface area contributed by atoms with Gasteiger partial charge in [-0.15, -0.1) is 0 Å². The molecule has 0 saturated carbocycles. The number of carbonyl (C=O) groups is 1. The second-order valence-corrected chi connectivity index (χ2v) is 4.27. The van der Waals surface area contributed by atoms with Crippen LogP contribution in [0.1, 0.15) is 39.5 Å². The second-order valence-electron chi connectivity index (χ2n) is 4.27. The van der Waals surface area contributed by atoms with Crippen LogP contribution in [-0.4, -0.2) is 30.8 Å². The summed E-state index contributed by atoms with van der Waals surface area (Å²) in [4.78, 5) is 11.2. The molecular formula is C11H22N2O3. The summed E-state index contributed by atoms with van der Waals surface area (Å²) in [5.74, 6) is 4.80. The Labute approximate surface area is 96.6 Å². The molecule has 94 valence electrons. The fourth-order valence-corrected chi connectivity index (χ4v) is 1.88. The highest BCUT2D eigenvalue weighted by Crippen LogP contribution is 2.20. The van der Waals surface area contributed by atoms with Crippen LogP contribution in [0.2, 0.25) is 0 Å². The molecular weight excluding hydrogens is 208 g/mol. The van der Waals surface area contributed by atoms with Gasteiger partial charge >= 0.3 is 0 Å². The molecule has 1 rings (SSSR count). The minimum absolute atomic E-state index is 0.0293. The highest BCUT2D eigenvalue weighted by atomic mass is 16.5. The third kappa shape index (κ3) is 4.08. The van der Waals surface area contributed by atoms with Crippen molar-refractivity contribution in [2.75, 3.05) is 6.61 Å². The highest BCUT2D eigenvalue weighted by molar-refractivity contribution is 5.80. The van der Waals surface area contributed by atoms with E-state index in [1.54, 1.807) is 0 Å². The Balaban J connectivity index is 2.19. The number of hydrazine groups is 1. The number of nitrogens with two attached hydrogens (primary N) is 1. The van der Waals surface area contributed by atoms with Crippen molar-refractivity contribution >= 4 is 5.91 Å². The van der Waals surface area contributed by atoms with Gasteiger partial charge in [-0.25, -0.2) is 5.84 Å². The maximum absolute atomic E-state index is 11.2. The molecule has 3 unspecified atom stereocenters. The Bertz CT molecular complexity index is 223. The van der Waals surface area contributed by atoms with E-state index in [0.29, 0.717) is 6.61 Å². The normalized spacial score (nSPS) is 26.7. The largest absolute Gasteiger partial charge is 0.376 e. The zero-order valence-corrected chi connectivity index (χ0v) is 10.1. The number of ether oxygens (including phenoxy) is 2. The third-order valence-corrected chi connectivity index (χ3v) is 2.80. The predicted molar refractivity (Wildman–Crippen MR) is 60.5 cm³/mol. The third-order valence-electron chi connectivity index (χ3n) is 2.80. The van der Waals surface area contributed by atoms with Gasteiger partial charge in [-0.05, 0) is 26.2 Å². The summed E-state index contributed by atoms with van der Waals surface area (Å²) in [5.41, 5.74) is 2.11. The molecule has 1 fully saturated rings. The van der Waals surface area contributed by atoms with Crippen molar-refractivity contribution in [2.24, 2.45) is 5.84 Å². The van der Waals surface area contributed by atoms with Gasteiger partial charge in [0.15, 0.2) is 0 Å². The molecule has 0 aromatic heterocycles. The lowest BCUT2D eigenvalue weighted by Crippen LogP contribution is -2.39. The fraction of sp³-hybridized carbons (Fsp3) is 0.909. The summed E-state index contributed by atoms with van der Waals surface area (Å²) < 4.78 is 11.2. The molecule has 5 heteroatoms. The van der Waals surface area contributed by atoms with Crippen molar-refractivity contribution in [3.63, 3.8) is 0 Å². The summed E-state index contributed by atoms with van der Waals surface area (Å²) in [6.07, 6.45) is 3.64. The van der Waals surface area contributed by atoms with Crippen LogP contribution in [0, 0.1) is 0 Å². The first-order valence-corrected chi connectivity index (χ1v) is 5.94. The Morgan fingerprint density at radius 1 is 1.62 bits per heavy atom. The van der Waals surface area contributed by atoms with Gasteiger partial charge in [0.2, 0.25) is 0 Å². The van der Waals surface area contributed by atoms with Crippen molar-refractivity contribution < 1.29 is 14.3 Å². The Morgan fingerprint density at radius 2 is 2.38 bits per heavy atom. The number of nitrogens with one attached hydrogen (secondary N) is 1. The van der Waals surface area contributed by atoms with Crippen LogP contribution < -0.4 is 11.3 Å². The molecule has 5 nitrogen and oxygen atoms in total. The summed E-state index contributed by atoms with van der Waals surface area (Å²) in [6.45, 7) is 4.76. The first kappa shape index (κ1) is 13.4. The van der Waals surface area contributed by atoms with Crippen LogP contribution in [0.15, 0.2) is 0 Å². The van der Waals surface area contributed by atoms with Crippen LogP contribution >= 0.6 is 0 Å². The first-order chi connectivity index (χ1) is 7.67. The van der Waals surface area contributed by atoms with Gasteiger partial charge in [0.05, 0.1) is 18.8 Å². The maximum Gasteiger partial charge on any atom is 0.263 e.